The van der Waals surface area contributed by atoms with Gasteiger partial charge in [0.05, 0.1) is 11.8 Å². The number of piperidine rings is 1. The molecule has 0 atom stereocenters. The van der Waals surface area contributed by atoms with Gasteiger partial charge in [0.2, 0.25) is 0 Å². The Morgan fingerprint density at radius 3 is 2.40 bits per heavy atom. The van der Waals surface area contributed by atoms with Crippen molar-refractivity contribution in [1.82, 2.24) is 0 Å². The number of rotatable bonds is 4. The Balaban J connectivity index is 1.64. The number of halogens is 2. The highest BCUT2D eigenvalue weighted by atomic mass is 19.1. The molecule has 1 fully saturated rings. The first-order valence-electron chi connectivity index (χ1n) is 8.21. The summed E-state index contributed by atoms with van der Waals surface area (Å²) in [5.41, 5.74) is 1.41. The molecule has 2 aromatic carbocycles. The molecular formula is C19H20F2N2O2. The molecule has 6 heteroatoms. The Hall–Kier alpha value is -2.47. The topological polar surface area (TPSA) is 41.6 Å². The molecule has 3 rings (SSSR count). The van der Waals surface area contributed by atoms with Crippen LogP contribution in [-0.4, -0.2) is 32.2 Å². The number of ether oxygens (including phenoxy) is 1. The van der Waals surface area contributed by atoms with Gasteiger partial charge in [0.15, 0.2) is 0 Å². The fourth-order valence-electron chi connectivity index (χ4n) is 2.96. The Morgan fingerprint density at radius 1 is 1.12 bits per heavy atom. The summed E-state index contributed by atoms with van der Waals surface area (Å²) in [5.74, 6) is -1.92. The van der Waals surface area contributed by atoms with Crippen LogP contribution in [0, 0.1) is 11.6 Å². The summed E-state index contributed by atoms with van der Waals surface area (Å²) in [6.45, 7) is 1.82. The second kappa shape index (κ2) is 7.61. The molecule has 0 radical (unpaired) electrons. The molecule has 0 aliphatic carbocycles. The van der Waals surface area contributed by atoms with Crippen molar-refractivity contribution in [2.24, 2.45) is 0 Å². The summed E-state index contributed by atoms with van der Waals surface area (Å²) in [6.07, 6.45) is 2.26. The quantitative estimate of drug-likeness (QED) is 0.915. The molecule has 0 saturated carbocycles. The van der Waals surface area contributed by atoms with Crippen LogP contribution in [0.3, 0.4) is 0 Å². The van der Waals surface area contributed by atoms with Crippen molar-refractivity contribution in [3.05, 3.63) is 59.7 Å². The van der Waals surface area contributed by atoms with Gasteiger partial charge in [-0.25, -0.2) is 8.78 Å². The van der Waals surface area contributed by atoms with E-state index in [1.807, 2.05) is 12.1 Å². The summed E-state index contributed by atoms with van der Waals surface area (Å²) < 4.78 is 31.9. The van der Waals surface area contributed by atoms with E-state index in [2.05, 4.69) is 10.2 Å². The minimum absolute atomic E-state index is 0.0443. The van der Waals surface area contributed by atoms with Crippen LogP contribution in [0.1, 0.15) is 23.2 Å². The highest BCUT2D eigenvalue weighted by molar-refractivity contribution is 6.04. The van der Waals surface area contributed by atoms with Gasteiger partial charge < -0.3 is 15.0 Å². The molecule has 0 unspecified atom stereocenters. The maximum atomic E-state index is 13.6. The van der Waals surface area contributed by atoms with E-state index in [1.165, 1.54) is 6.07 Å². The zero-order valence-electron chi connectivity index (χ0n) is 14.0. The van der Waals surface area contributed by atoms with Gasteiger partial charge >= 0.3 is 0 Å². The van der Waals surface area contributed by atoms with Crippen molar-refractivity contribution in [3.63, 3.8) is 0 Å². The summed E-state index contributed by atoms with van der Waals surface area (Å²) in [6, 6.07) is 10.2. The molecule has 2 aromatic rings. The third-order valence-electron chi connectivity index (χ3n) is 4.45. The molecule has 132 valence electrons. The van der Waals surface area contributed by atoms with Crippen molar-refractivity contribution in [1.29, 1.82) is 0 Å². The predicted molar refractivity (Wildman–Crippen MR) is 93.0 cm³/mol. The molecule has 0 spiro atoms. The number of nitrogens with one attached hydrogen (secondary N) is 1. The predicted octanol–water partition coefficient (Wildman–Crippen LogP) is 3.83. The SMILES string of the molecule is COC1CCN(c2ccc(C(=O)Nc3ccc(F)cc3F)cc2)CC1. The first kappa shape index (κ1) is 17.4. The summed E-state index contributed by atoms with van der Waals surface area (Å²) in [4.78, 5) is 14.5. The van der Waals surface area contributed by atoms with E-state index in [9.17, 15) is 13.6 Å². The maximum absolute atomic E-state index is 13.6. The number of anilines is 2. The van der Waals surface area contributed by atoms with E-state index in [4.69, 9.17) is 4.74 Å². The largest absolute Gasteiger partial charge is 0.381 e. The summed E-state index contributed by atoms with van der Waals surface area (Å²) in [5, 5.41) is 2.46. The molecular weight excluding hydrogens is 326 g/mol. The number of carbonyl (C=O) groups is 1. The maximum Gasteiger partial charge on any atom is 0.255 e. The first-order valence-corrected chi connectivity index (χ1v) is 8.21. The van der Waals surface area contributed by atoms with Crippen LogP contribution in [0.15, 0.2) is 42.5 Å². The first-order chi connectivity index (χ1) is 12.1. The Bertz CT molecular complexity index is 742. The fraction of sp³-hybridized carbons (Fsp3) is 0.316. The zero-order valence-corrected chi connectivity index (χ0v) is 14.0. The minimum atomic E-state index is -0.800. The second-order valence-corrected chi connectivity index (χ2v) is 6.05. The third-order valence-corrected chi connectivity index (χ3v) is 4.45. The van der Waals surface area contributed by atoms with Crippen molar-refractivity contribution < 1.29 is 18.3 Å². The lowest BCUT2D eigenvalue weighted by molar-refractivity contribution is 0.0819. The van der Waals surface area contributed by atoms with E-state index in [0.29, 0.717) is 11.7 Å². The van der Waals surface area contributed by atoms with Gasteiger partial charge in [-0.05, 0) is 49.2 Å². The highest BCUT2D eigenvalue weighted by Crippen LogP contribution is 2.22. The Kier molecular flexibility index (Phi) is 5.28. The second-order valence-electron chi connectivity index (χ2n) is 6.05. The van der Waals surface area contributed by atoms with Crippen LogP contribution in [0.25, 0.3) is 0 Å². The molecule has 1 aliphatic heterocycles. The van der Waals surface area contributed by atoms with Gasteiger partial charge in [-0.1, -0.05) is 0 Å². The number of nitrogens with zero attached hydrogens (tertiary/aromatic N) is 1. The van der Waals surface area contributed by atoms with E-state index in [0.717, 1.165) is 43.8 Å². The number of methoxy groups -OCH3 is 1. The van der Waals surface area contributed by atoms with Crippen LogP contribution in [0.2, 0.25) is 0 Å². The van der Waals surface area contributed by atoms with Gasteiger partial charge in [-0.15, -0.1) is 0 Å². The lowest BCUT2D eigenvalue weighted by atomic mass is 10.1. The molecule has 1 amide bonds. The van der Waals surface area contributed by atoms with Crippen molar-refractivity contribution in [3.8, 4) is 0 Å². The average Bonchev–Trinajstić information content (AvgIpc) is 2.64. The van der Waals surface area contributed by atoms with Crippen LogP contribution >= 0.6 is 0 Å². The highest BCUT2D eigenvalue weighted by Gasteiger charge is 2.19. The standard InChI is InChI=1S/C19H20F2N2O2/c1-25-16-8-10-23(11-9-16)15-5-2-13(3-6-15)19(24)22-18-7-4-14(20)12-17(18)21/h2-7,12,16H,8-11H2,1H3,(H,22,24). The van der Waals surface area contributed by atoms with Gasteiger partial charge in [0.1, 0.15) is 11.6 Å². The number of hydrogen-bond donors (Lipinski definition) is 1. The average molecular weight is 346 g/mol. The Morgan fingerprint density at radius 2 is 1.80 bits per heavy atom. The van der Waals surface area contributed by atoms with Crippen molar-refractivity contribution in [2.45, 2.75) is 18.9 Å². The number of amides is 1. The molecule has 4 nitrogen and oxygen atoms in total. The van der Waals surface area contributed by atoms with Crippen LogP contribution in [-0.2, 0) is 4.74 Å². The lowest BCUT2D eigenvalue weighted by Crippen LogP contribution is -2.36. The van der Waals surface area contributed by atoms with Gasteiger partial charge in [0, 0.05) is 37.5 Å². The lowest BCUT2D eigenvalue weighted by Gasteiger charge is -2.33. The van der Waals surface area contributed by atoms with Crippen molar-refractivity contribution >= 4 is 17.3 Å². The molecule has 0 bridgehead atoms. The Labute approximate surface area is 145 Å². The van der Waals surface area contributed by atoms with Gasteiger partial charge in [-0.3, -0.25) is 4.79 Å². The number of hydrogen-bond acceptors (Lipinski definition) is 3. The molecule has 25 heavy (non-hydrogen) atoms. The molecule has 1 aliphatic rings. The van der Waals surface area contributed by atoms with E-state index >= 15 is 0 Å². The zero-order chi connectivity index (χ0) is 17.8. The van der Waals surface area contributed by atoms with Crippen LogP contribution in [0.5, 0.6) is 0 Å². The smallest absolute Gasteiger partial charge is 0.255 e. The monoisotopic (exact) mass is 346 g/mol. The third kappa shape index (κ3) is 4.14. The fourth-order valence-corrected chi connectivity index (χ4v) is 2.96. The van der Waals surface area contributed by atoms with Gasteiger partial charge in [-0.2, -0.15) is 0 Å². The van der Waals surface area contributed by atoms with E-state index < -0.39 is 17.5 Å². The number of benzene rings is 2. The van der Waals surface area contributed by atoms with Gasteiger partial charge in [0.25, 0.3) is 5.91 Å². The number of carbonyl (C=O) groups excluding carboxylic acids is 1. The summed E-state index contributed by atoms with van der Waals surface area (Å²) in [7, 11) is 1.73. The molecule has 1 N–H and O–H groups in total. The van der Waals surface area contributed by atoms with E-state index in [-0.39, 0.29) is 5.69 Å². The van der Waals surface area contributed by atoms with Crippen LogP contribution < -0.4 is 10.2 Å². The summed E-state index contributed by atoms with van der Waals surface area (Å²) >= 11 is 0. The van der Waals surface area contributed by atoms with Crippen molar-refractivity contribution in [2.75, 3.05) is 30.4 Å². The minimum Gasteiger partial charge on any atom is -0.381 e. The van der Waals surface area contributed by atoms with E-state index in [1.54, 1.807) is 19.2 Å². The molecule has 1 saturated heterocycles. The van der Waals surface area contributed by atoms with Crippen LogP contribution in [0.4, 0.5) is 20.2 Å². The molecule has 0 aromatic heterocycles. The molecule has 1 heterocycles. The normalized spacial score (nSPS) is 15.2.